The molecular formula is C17H24ClN5O. The van der Waals surface area contributed by atoms with Crippen LogP contribution in [-0.4, -0.2) is 27.2 Å². The van der Waals surface area contributed by atoms with Crippen molar-refractivity contribution in [1.82, 2.24) is 14.8 Å². The summed E-state index contributed by atoms with van der Waals surface area (Å²) in [5.41, 5.74) is 7.28. The van der Waals surface area contributed by atoms with E-state index < -0.39 is 0 Å². The lowest BCUT2D eigenvalue weighted by molar-refractivity contribution is -0.119. The first kappa shape index (κ1) is 18.4. The monoisotopic (exact) mass is 349 g/mol. The van der Waals surface area contributed by atoms with Crippen LogP contribution < -0.4 is 11.1 Å². The standard InChI is InChI=1S/C17H23N5O.ClH/c1-12(11-18)17(23)19-14-7-5-6-13(10-14)16-21-20-15-8-3-2-4-9-22(15)16;/h5-7,10,12H,2-4,8-9,11,18H2,1H3,(H,19,23);1H. The maximum Gasteiger partial charge on any atom is 0.228 e. The molecule has 1 aliphatic heterocycles. The lowest BCUT2D eigenvalue weighted by Gasteiger charge is -2.11. The summed E-state index contributed by atoms with van der Waals surface area (Å²) in [5, 5.41) is 11.6. The van der Waals surface area contributed by atoms with Crippen LogP contribution in [0.2, 0.25) is 0 Å². The van der Waals surface area contributed by atoms with Crippen molar-refractivity contribution in [2.75, 3.05) is 11.9 Å². The third-order valence-electron chi connectivity index (χ3n) is 4.30. The molecule has 2 heterocycles. The van der Waals surface area contributed by atoms with Crippen molar-refractivity contribution in [2.45, 2.75) is 39.2 Å². The van der Waals surface area contributed by atoms with Gasteiger partial charge in [-0.2, -0.15) is 0 Å². The molecule has 1 aromatic carbocycles. The summed E-state index contributed by atoms with van der Waals surface area (Å²) in [7, 11) is 0. The van der Waals surface area contributed by atoms with Crippen molar-refractivity contribution in [3.05, 3.63) is 30.1 Å². The number of nitrogens with two attached hydrogens (primary N) is 1. The van der Waals surface area contributed by atoms with Gasteiger partial charge < -0.3 is 15.6 Å². The van der Waals surface area contributed by atoms with Crippen molar-refractivity contribution >= 4 is 24.0 Å². The molecule has 0 saturated heterocycles. The molecule has 0 fully saturated rings. The lowest BCUT2D eigenvalue weighted by Crippen LogP contribution is -2.26. The van der Waals surface area contributed by atoms with E-state index in [-0.39, 0.29) is 24.2 Å². The second-order valence-corrected chi connectivity index (χ2v) is 6.11. The molecule has 0 spiro atoms. The van der Waals surface area contributed by atoms with Crippen LogP contribution >= 0.6 is 12.4 Å². The number of rotatable bonds is 4. The molecule has 24 heavy (non-hydrogen) atoms. The normalized spacial score (nSPS) is 14.9. The summed E-state index contributed by atoms with van der Waals surface area (Å²) < 4.78 is 2.20. The number of hydrogen-bond acceptors (Lipinski definition) is 4. The summed E-state index contributed by atoms with van der Waals surface area (Å²) in [4.78, 5) is 12.0. The Balaban J connectivity index is 0.00000208. The summed E-state index contributed by atoms with van der Waals surface area (Å²) >= 11 is 0. The number of benzene rings is 1. The molecule has 7 heteroatoms. The molecule has 1 atom stereocenters. The Morgan fingerprint density at radius 2 is 2.17 bits per heavy atom. The number of carbonyl (C=O) groups excluding carboxylic acids is 1. The molecule has 1 unspecified atom stereocenters. The van der Waals surface area contributed by atoms with Gasteiger partial charge in [0, 0.05) is 36.7 Å². The third-order valence-corrected chi connectivity index (χ3v) is 4.30. The number of nitrogens with one attached hydrogen (secondary N) is 1. The molecule has 0 bridgehead atoms. The third kappa shape index (κ3) is 3.94. The number of nitrogens with zero attached hydrogens (tertiary/aromatic N) is 3. The van der Waals surface area contributed by atoms with E-state index in [4.69, 9.17) is 5.73 Å². The first-order valence-corrected chi connectivity index (χ1v) is 8.22. The first-order chi connectivity index (χ1) is 11.2. The SMILES string of the molecule is CC(CN)C(=O)Nc1cccc(-c2nnc3n2CCCCC3)c1.Cl. The van der Waals surface area contributed by atoms with E-state index in [9.17, 15) is 4.79 Å². The van der Waals surface area contributed by atoms with Crippen molar-refractivity contribution in [3.8, 4) is 11.4 Å². The van der Waals surface area contributed by atoms with Crippen LogP contribution in [-0.2, 0) is 17.8 Å². The summed E-state index contributed by atoms with van der Waals surface area (Å²) in [6.45, 7) is 3.11. The van der Waals surface area contributed by atoms with Gasteiger partial charge in [0.05, 0.1) is 0 Å². The zero-order chi connectivity index (χ0) is 16.2. The van der Waals surface area contributed by atoms with Crippen molar-refractivity contribution in [2.24, 2.45) is 11.7 Å². The fourth-order valence-corrected chi connectivity index (χ4v) is 2.81. The zero-order valence-electron chi connectivity index (χ0n) is 13.9. The highest BCUT2D eigenvalue weighted by atomic mass is 35.5. The van der Waals surface area contributed by atoms with E-state index in [1.54, 1.807) is 0 Å². The van der Waals surface area contributed by atoms with E-state index in [2.05, 4.69) is 20.1 Å². The number of aromatic nitrogens is 3. The molecule has 0 saturated carbocycles. The van der Waals surface area contributed by atoms with Gasteiger partial charge in [-0.1, -0.05) is 25.5 Å². The Labute approximate surface area is 148 Å². The molecule has 1 amide bonds. The second-order valence-electron chi connectivity index (χ2n) is 6.11. The smallest absolute Gasteiger partial charge is 0.228 e. The Kier molecular flexibility index (Phi) is 6.34. The number of hydrogen-bond donors (Lipinski definition) is 2. The lowest BCUT2D eigenvalue weighted by atomic mass is 10.1. The van der Waals surface area contributed by atoms with E-state index in [0.717, 1.165) is 42.3 Å². The summed E-state index contributed by atoms with van der Waals surface area (Å²) in [5.74, 6) is 1.67. The molecule has 3 rings (SSSR count). The molecule has 1 aliphatic rings. The average Bonchev–Trinajstić information content (AvgIpc) is 2.83. The molecule has 1 aromatic heterocycles. The number of halogens is 1. The van der Waals surface area contributed by atoms with Gasteiger partial charge in [0.15, 0.2) is 5.82 Å². The van der Waals surface area contributed by atoms with Crippen LogP contribution in [0.3, 0.4) is 0 Å². The van der Waals surface area contributed by atoms with Crippen LogP contribution in [0.1, 0.15) is 32.0 Å². The highest BCUT2D eigenvalue weighted by Crippen LogP contribution is 2.25. The summed E-state index contributed by atoms with van der Waals surface area (Å²) in [6, 6.07) is 7.76. The van der Waals surface area contributed by atoms with Crippen LogP contribution in [0.25, 0.3) is 11.4 Å². The van der Waals surface area contributed by atoms with Crippen molar-refractivity contribution in [3.63, 3.8) is 0 Å². The Hall–Kier alpha value is -1.92. The van der Waals surface area contributed by atoms with Crippen LogP contribution in [0.15, 0.2) is 24.3 Å². The van der Waals surface area contributed by atoms with E-state index in [1.807, 2.05) is 31.2 Å². The Morgan fingerprint density at radius 3 is 2.96 bits per heavy atom. The Bertz CT molecular complexity index is 700. The number of anilines is 1. The predicted molar refractivity (Wildman–Crippen MR) is 97.1 cm³/mol. The summed E-state index contributed by atoms with van der Waals surface area (Å²) in [6.07, 6.45) is 4.54. The van der Waals surface area contributed by atoms with Gasteiger partial charge in [-0.15, -0.1) is 22.6 Å². The topological polar surface area (TPSA) is 85.8 Å². The van der Waals surface area contributed by atoms with Gasteiger partial charge in [0.2, 0.25) is 5.91 Å². The number of fused-ring (bicyclic) bond motifs is 1. The molecule has 3 N–H and O–H groups in total. The van der Waals surface area contributed by atoms with E-state index in [1.165, 1.54) is 12.8 Å². The van der Waals surface area contributed by atoms with Gasteiger partial charge in [0.25, 0.3) is 0 Å². The van der Waals surface area contributed by atoms with Crippen molar-refractivity contribution < 1.29 is 4.79 Å². The molecule has 6 nitrogen and oxygen atoms in total. The highest BCUT2D eigenvalue weighted by molar-refractivity contribution is 5.93. The second kappa shape index (κ2) is 8.26. The number of amides is 1. The van der Waals surface area contributed by atoms with Crippen molar-refractivity contribution in [1.29, 1.82) is 0 Å². The largest absolute Gasteiger partial charge is 0.330 e. The van der Waals surface area contributed by atoms with E-state index >= 15 is 0 Å². The van der Waals surface area contributed by atoms with Crippen LogP contribution in [0.4, 0.5) is 5.69 Å². The molecular weight excluding hydrogens is 326 g/mol. The predicted octanol–water partition coefficient (Wildman–Crippen LogP) is 2.63. The number of aryl methyl sites for hydroxylation is 1. The minimum absolute atomic E-state index is 0. The quantitative estimate of drug-likeness (QED) is 0.888. The number of carbonyl (C=O) groups is 1. The van der Waals surface area contributed by atoms with Gasteiger partial charge in [-0.25, -0.2) is 0 Å². The maximum atomic E-state index is 12.0. The fraction of sp³-hybridized carbons (Fsp3) is 0.471. The van der Waals surface area contributed by atoms with E-state index in [0.29, 0.717) is 6.54 Å². The fourth-order valence-electron chi connectivity index (χ4n) is 2.81. The Morgan fingerprint density at radius 1 is 1.33 bits per heavy atom. The zero-order valence-corrected chi connectivity index (χ0v) is 14.7. The van der Waals surface area contributed by atoms with Gasteiger partial charge in [-0.3, -0.25) is 4.79 Å². The molecule has 0 aliphatic carbocycles. The minimum Gasteiger partial charge on any atom is -0.330 e. The molecule has 0 radical (unpaired) electrons. The minimum atomic E-state index is -0.206. The average molecular weight is 350 g/mol. The van der Waals surface area contributed by atoms with Gasteiger partial charge >= 0.3 is 0 Å². The van der Waals surface area contributed by atoms with Gasteiger partial charge in [-0.05, 0) is 25.0 Å². The van der Waals surface area contributed by atoms with Gasteiger partial charge in [0.1, 0.15) is 5.82 Å². The first-order valence-electron chi connectivity index (χ1n) is 8.22. The molecule has 2 aromatic rings. The highest BCUT2D eigenvalue weighted by Gasteiger charge is 2.17. The van der Waals surface area contributed by atoms with Crippen LogP contribution in [0, 0.1) is 5.92 Å². The molecule has 130 valence electrons. The van der Waals surface area contributed by atoms with Crippen LogP contribution in [0.5, 0.6) is 0 Å². The maximum absolute atomic E-state index is 12.0.